The van der Waals surface area contributed by atoms with Crippen LogP contribution < -0.4 is 10.1 Å². The van der Waals surface area contributed by atoms with Crippen molar-refractivity contribution in [1.82, 2.24) is 5.32 Å². The Kier molecular flexibility index (Phi) is 8.66. The van der Waals surface area contributed by atoms with Crippen molar-refractivity contribution in [3.63, 3.8) is 0 Å². The number of nitrogens with one attached hydrogen (secondary N) is 1. The van der Waals surface area contributed by atoms with Gasteiger partial charge in [0.1, 0.15) is 5.75 Å². The fourth-order valence-electron chi connectivity index (χ4n) is 3.86. The second-order valence-electron chi connectivity index (χ2n) is 9.26. The normalized spacial score (nSPS) is 20.0. The van der Waals surface area contributed by atoms with E-state index in [0.29, 0.717) is 12.0 Å². The molecular formula is C26H32F3NO5. The molecule has 1 heterocycles. The van der Waals surface area contributed by atoms with Crippen molar-refractivity contribution in [1.29, 1.82) is 0 Å². The average Bonchev–Trinajstić information content (AvgIpc) is 2.92. The minimum absolute atomic E-state index is 0.0431. The molecule has 192 valence electrons. The molecule has 0 radical (unpaired) electrons. The van der Waals surface area contributed by atoms with Gasteiger partial charge in [-0.1, -0.05) is 36.4 Å². The Morgan fingerprint density at radius 3 is 2.49 bits per heavy atom. The maximum atomic E-state index is 13.7. The summed E-state index contributed by atoms with van der Waals surface area (Å²) in [6.45, 7) is 2.82. The number of carbonyl (C=O) groups is 1. The first-order chi connectivity index (χ1) is 16.5. The predicted octanol–water partition coefficient (Wildman–Crippen LogP) is 5.26. The topological polar surface area (TPSA) is 77.0 Å². The van der Waals surface area contributed by atoms with Gasteiger partial charge in [0.25, 0.3) is 0 Å². The smallest absolute Gasteiger partial charge is 0.419 e. The van der Waals surface area contributed by atoms with E-state index in [2.05, 4.69) is 5.32 Å². The van der Waals surface area contributed by atoms with Crippen molar-refractivity contribution < 1.29 is 37.3 Å². The van der Waals surface area contributed by atoms with E-state index in [-0.39, 0.29) is 31.8 Å². The van der Waals surface area contributed by atoms with Crippen LogP contribution >= 0.6 is 0 Å². The summed E-state index contributed by atoms with van der Waals surface area (Å²) in [4.78, 5) is 12.1. The number of alkyl carbamates (subject to hydrolysis) is 1. The molecule has 1 aliphatic heterocycles. The van der Waals surface area contributed by atoms with Gasteiger partial charge >= 0.3 is 12.3 Å². The van der Waals surface area contributed by atoms with Crippen LogP contribution in [-0.2, 0) is 28.5 Å². The SMILES string of the molecule is CC1(C)OCC(CO)(CCc2ccc(OCCCCc3ccccc3)c(C(F)(F)F)c2)NC(=O)O1. The zero-order chi connectivity index (χ0) is 25.5. The number of hydrogen-bond donors (Lipinski definition) is 2. The highest BCUT2D eigenvalue weighted by molar-refractivity contribution is 5.69. The van der Waals surface area contributed by atoms with Crippen LogP contribution in [0.5, 0.6) is 5.75 Å². The highest BCUT2D eigenvalue weighted by atomic mass is 19.4. The summed E-state index contributed by atoms with van der Waals surface area (Å²) in [7, 11) is 0. The Hall–Kier alpha value is -2.78. The Bertz CT molecular complexity index is 981. The molecule has 0 aromatic heterocycles. The van der Waals surface area contributed by atoms with E-state index in [0.717, 1.165) is 18.9 Å². The highest BCUT2D eigenvalue weighted by Gasteiger charge is 2.40. The van der Waals surface area contributed by atoms with E-state index in [9.17, 15) is 23.1 Å². The molecule has 35 heavy (non-hydrogen) atoms. The molecule has 0 bridgehead atoms. The first kappa shape index (κ1) is 26.8. The van der Waals surface area contributed by atoms with E-state index in [1.54, 1.807) is 19.9 Å². The largest absolute Gasteiger partial charge is 0.493 e. The molecule has 1 unspecified atom stereocenters. The molecule has 1 fully saturated rings. The number of aliphatic hydroxyl groups is 1. The summed E-state index contributed by atoms with van der Waals surface area (Å²) >= 11 is 0. The van der Waals surface area contributed by atoms with Gasteiger partial charge in [-0.2, -0.15) is 13.2 Å². The number of amides is 1. The van der Waals surface area contributed by atoms with Gasteiger partial charge in [0.15, 0.2) is 0 Å². The molecule has 2 aromatic rings. The van der Waals surface area contributed by atoms with Crippen molar-refractivity contribution in [3.8, 4) is 5.75 Å². The molecule has 0 saturated carbocycles. The quantitative estimate of drug-likeness (QED) is 0.440. The summed E-state index contributed by atoms with van der Waals surface area (Å²) in [5.74, 6) is -1.39. The van der Waals surface area contributed by atoms with Gasteiger partial charge in [-0.05, 0) is 55.4 Å². The molecular weight excluding hydrogens is 463 g/mol. The molecule has 6 nitrogen and oxygen atoms in total. The Morgan fingerprint density at radius 1 is 1.06 bits per heavy atom. The molecule has 1 amide bonds. The molecule has 9 heteroatoms. The van der Waals surface area contributed by atoms with Crippen LogP contribution in [0, 0.1) is 0 Å². The summed E-state index contributed by atoms with van der Waals surface area (Å²) in [5.41, 5.74) is -0.433. The van der Waals surface area contributed by atoms with Crippen LogP contribution in [0.4, 0.5) is 18.0 Å². The fourth-order valence-corrected chi connectivity index (χ4v) is 3.86. The second-order valence-corrected chi connectivity index (χ2v) is 9.26. The predicted molar refractivity (Wildman–Crippen MR) is 124 cm³/mol. The minimum atomic E-state index is -4.58. The number of hydrogen-bond acceptors (Lipinski definition) is 5. The number of aliphatic hydroxyl groups excluding tert-OH is 1. The zero-order valence-corrected chi connectivity index (χ0v) is 20.0. The van der Waals surface area contributed by atoms with E-state index >= 15 is 0 Å². The van der Waals surface area contributed by atoms with E-state index in [4.69, 9.17) is 14.2 Å². The molecule has 1 saturated heterocycles. The highest BCUT2D eigenvalue weighted by Crippen LogP contribution is 2.37. The number of rotatable bonds is 10. The lowest BCUT2D eigenvalue weighted by Gasteiger charge is -2.30. The second kappa shape index (κ2) is 11.3. The minimum Gasteiger partial charge on any atom is -0.493 e. The van der Waals surface area contributed by atoms with Gasteiger partial charge in [-0.25, -0.2) is 4.79 Å². The van der Waals surface area contributed by atoms with Crippen molar-refractivity contribution >= 4 is 6.09 Å². The van der Waals surface area contributed by atoms with Gasteiger partial charge in [-0.3, -0.25) is 0 Å². The van der Waals surface area contributed by atoms with E-state index in [1.165, 1.54) is 11.6 Å². The van der Waals surface area contributed by atoms with Gasteiger partial charge in [0, 0.05) is 13.8 Å². The maximum absolute atomic E-state index is 13.7. The van der Waals surface area contributed by atoms with E-state index in [1.807, 2.05) is 30.3 Å². The van der Waals surface area contributed by atoms with E-state index < -0.39 is 35.8 Å². The molecule has 0 spiro atoms. The first-order valence-corrected chi connectivity index (χ1v) is 11.6. The number of unbranched alkanes of at least 4 members (excludes halogenated alkanes) is 1. The number of benzene rings is 2. The van der Waals surface area contributed by atoms with Gasteiger partial charge in [0.2, 0.25) is 5.79 Å². The van der Waals surface area contributed by atoms with Crippen LogP contribution in [0.25, 0.3) is 0 Å². The molecule has 0 aliphatic carbocycles. The Morgan fingerprint density at radius 2 is 1.80 bits per heavy atom. The fraction of sp³-hybridized carbons (Fsp3) is 0.500. The van der Waals surface area contributed by atoms with Crippen molar-refractivity contribution in [2.24, 2.45) is 0 Å². The lowest BCUT2D eigenvalue weighted by molar-refractivity contribution is -0.173. The van der Waals surface area contributed by atoms with Crippen LogP contribution in [0.1, 0.15) is 49.8 Å². The Labute approximate surface area is 203 Å². The number of cyclic esters (lactones) is 1. The number of aryl methyl sites for hydroxylation is 2. The van der Waals surface area contributed by atoms with Crippen LogP contribution in [-0.4, -0.2) is 42.3 Å². The monoisotopic (exact) mass is 495 g/mol. The standard InChI is InChI=1S/C26H32F3NO5/c1-24(2)34-18-25(17-31,30-23(32)35-24)14-13-20-11-12-22(21(16-20)26(27,28)29)33-15-7-6-10-19-8-4-3-5-9-19/h3-5,8-9,11-12,16,31H,6-7,10,13-15,17-18H2,1-2H3,(H,30,32). The molecule has 3 rings (SSSR count). The molecule has 1 aliphatic rings. The zero-order valence-electron chi connectivity index (χ0n) is 20.0. The Balaban J connectivity index is 1.62. The van der Waals surface area contributed by atoms with Gasteiger partial charge in [0.05, 0.1) is 30.9 Å². The number of ether oxygens (including phenoxy) is 3. The lowest BCUT2D eigenvalue weighted by Crippen LogP contribution is -2.53. The van der Waals surface area contributed by atoms with Gasteiger partial charge in [-0.15, -0.1) is 0 Å². The van der Waals surface area contributed by atoms with Crippen molar-refractivity contribution in [2.45, 2.75) is 63.5 Å². The van der Waals surface area contributed by atoms with Crippen molar-refractivity contribution in [2.75, 3.05) is 19.8 Å². The summed E-state index contributed by atoms with van der Waals surface area (Å²) in [5, 5.41) is 12.5. The van der Waals surface area contributed by atoms with Crippen molar-refractivity contribution in [3.05, 3.63) is 65.2 Å². The summed E-state index contributed by atoms with van der Waals surface area (Å²) in [6, 6.07) is 13.8. The number of halogens is 3. The van der Waals surface area contributed by atoms with Crippen LogP contribution in [0.15, 0.2) is 48.5 Å². The maximum Gasteiger partial charge on any atom is 0.419 e. The third-order valence-electron chi connectivity index (χ3n) is 5.91. The molecule has 2 aromatic carbocycles. The van der Waals surface area contributed by atoms with Crippen LogP contribution in [0.3, 0.4) is 0 Å². The van der Waals surface area contributed by atoms with Crippen LogP contribution in [0.2, 0.25) is 0 Å². The van der Waals surface area contributed by atoms with Gasteiger partial charge < -0.3 is 24.6 Å². The molecule has 1 atom stereocenters. The number of alkyl halides is 3. The third-order valence-corrected chi connectivity index (χ3v) is 5.91. The molecule has 2 N–H and O–H groups in total. The third kappa shape index (κ3) is 7.86. The average molecular weight is 496 g/mol. The lowest BCUT2D eigenvalue weighted by atomic mass is 9.92. The number of carbonyl (C=O) groups excluding carboxylic acids is 1. The first-order valence-electron chi connectivity index (χ1n) is 11.6. The summed E-state index contributed by atoms with van der Waals surface area (Å²) in [6.07, 6.45) is -2.73. The summed E-state index contributed by atoms with van der Waals surface area (Å²) < 4.78 is 57.4.